The van der Waals surface area contributed by atoms with E-state index in [2.05, 4.69) is 6.92 Å². The maximum atomic E-state index is 5.30. The third-order valence-corrected chi connectivity index (χ3v) is 3.64. The van der Waals surface area contributed by atoms with Crippen molar-refractivity contribution >= 4 is 31.5 Å². The smallest absolute Gasteiger partial charge is 0.251 e. The molecule has 0 aromatic rings. The van der Waals surface area contributed by atoms with Crippen molar-refractivity contribution in [2.45, 2.75) is 32.2 Å². The van der Waals surface area contributed by atoms with E-state index in [1.807, 2.05) is 0 Å². The van der Waals surface area contributed by atoms with E-state index >= 15 is 0 Å². The molecule has 0 aliphatic heterocycles. The molecule has 0 fully saturated rings. The van der Waals surface area contributed by atoms with Gasteiger partial charge in [-0.05, 0) is 6.42 Å². The SMILES string of the molecule is CCCCC(O[SiH3])(O[SiH3])O[SiH3]. The molecule has 0 bridgehead atoms. The molecule has 0 aromatic carbocycles. The molecule has 0 unspecified atom stereocenters. The van der Waals surface area contributed by atoms with Gasteiger partial charge in [-0.2, -0.15) is 0 Å². The van der Waals surface area contributed by atoms with Crippen LogP contribution in [-0.4, -0.2) is 37.4 Å². The summed E-state index contributed by atoms with van der Waals surface area (Å²) in [7, 11) is 2.03. The van der Waals surface area contributed by atoms with E-state index in [1.165, 1.54) is 0 Å². The van der Waals surface area contributed by atoms with Gasteiger partial charge in [-0.3, -0.25) is 0 Å². The standard InChI is InChI=1S/C5H18O3Si3/c1-2-3-4-5(6-9,7-10)8-11/h2-4H2,1,9-11H3. The van der Waals surface area contributed by atoms with Crippen LogP contribution in [0.1, 0.15) is 26.2 Å². The van der Waals surface area contributed by atoms with Crippen LogP contribution in [0.2, 0.25) is 0 Å². The van der Waals surface area contributed by atoms with Crippen molar-refractivity contribution in [3.8, 4) is 0 Å². The Morgan fingerprint density at radius 3 is 1.82 bits per heavy atom. The van der Waals surface area contributed by atoms with Gasteiger partial charge in [0.25, 0.3) is 5.97 Å². The monoisotopic (exact) mass is 210 g/mol. The van der Waals surface area contributed by atoms with E-state index in [9.17, 15) is 0 Å². The number of unbranched alkanes of at least 4 members (excludes halogenated alkanes) is 1. The molecule has 68 valence electrons. The predicted molar refractivity (Wildman–Crippen MR) is 55.3 cm³/mol. The zero-order chi connectivity index (χ0) is 8.74. The van der Waals surface area contributed by atoms with E-state index in [4.69, 9.17) is 13.3 Å². The van der Waals surface area contributed by atoms with Crippen LogP contribution in [0, 0.1) is 0 Å². The third kappa shape index (κ3) is 3.63. The van der Waals surface area contributed by atoms with Gasteiger partial charge in [0.05, 0.1) is 0 Å². The lowest BCUT2D eigenvalue weighted by Crippen LogP contribution is -2.37. The van der Waals surface area contributed by atoms with Crippen LogP contribution in [0.15, 0.2) is 0 Å². The molecular weight excluding hydrogens is 192 g/mol. The molecule has 11 heavy (non-hydrogen) atoms. The van der Waals surface area contributed by atoms with Crippen LogP contribution in [0.3, 0.4) is 0 Å². The Balaban J connectivity index is 3.84. The Bertz CT molecular complexity index is 88.7. The fraction of sp³-hybridized carbons (Fsp3) is 1.00. The molecule has 0 saturated heterocycles. The minimum absolute atomic E-state index is 0.638. The van der Waals surface area contributed by atoms with Crippen LogP contribution in [0.5, 0.6) is 0 Å². The summed E-state index contributed by atoms with van der Waals surface area (Å²) in [6, 6.07) is 0. The molecule has 0 N–H and O–H groups in total. The lowest BCUT2D eigenvalue weighted by atomic mass is 10.2. The predicted octanol–water partition coefficient (Wildman–Crippen LogP) is -2.28. The molecule has 3 nitrogen and oxygen atoms in total. The first-order chi connectivity index (χ1) is 5.24. The van der Waals surface area contributed by atoms with E-state index in [1.54, 1.807) is 0 Å². The summed E-state index contributed by atoms with van der Waals surface area (Å²) in [6.07, 6.45) is 3.13. The summed E-state index contributed by atoms with van der Waals surface area (Å²) < 4.78 is 15.9. The Kier molecular flexibility index (Phi) is 6.39. The van der Waals surface area contributed by atoms with Gasteiger partial charge >= 0.3 is 0 Å². The highest BCUT2D eigenvalue weighted by molar-refractivity contribution is 6.01. The second-order valence-corrected chi connectivity index (χ2v) is 3.62. The fourth-order valence-electron chi connectivity index (χ4n) is 0.949. The highest BCUT2D eigenvalue weighted by Crippen LogP contribution is 2.18. The summed E-state index contributed by atoms with van der Waals surface area (Å²) >= 11 is 0. The topological polar surface area (TPSA) is 27.7 Å². The van der Waals surface area contributed by atoms with Crippen molar-refractivity contribution in [1.82, 2.24) is 0 Å². The lowest BCUT2D eigenvalue weighted by Gasteiger charge is -2.30. The zero-order valence-electron chi connectivity index (χ0n) is 7.85. The molecule has 0 heterocycles. The van der Waals surface area contributed by atoms with Gasteiger partial charge in [-0.15, -0.1) is 0 Å². The molecule has 6 heteroatoms. The maximum absolute atomic E-state index is 5.30. The van der Waals surface area contributed by atoms with Crippen LogP contribution in [0.25, 0.3) is 0 Å². The van der Waals surface area contributed by atoms with Gasteiger partial charge in [-0.25, -0.2) is 0 Å². The summed E-state index contributed by atoms with van der Waals surface area (Å²) in [6.45, 7) is 2.15. The van der Waals surface area contributed by atoms with Crippen molar-refractivity contribution < 1.29 is 13.3 Å². The van der Waals surface area contributed by atoms with E-state index in [-0.39, 0.29) is 0 Å². The minimum Gasteiger partial charge on any atom is -0.382 e. The number of hydrogen-bond acceptors (Lipinski definition) is 3. The summed E-state index contributed by atoms with van der Waals surface area (Å²) in [4.78, 5) is 0. The van der Waals surface area contributed by atoms with Crippen molar-refractivity contribution in [3.63, 3.8) is 0 Å². The first-order valence-electron chi connectivity index (χ1n) is 3.90. The van der Waals surface area contributed by atoms with Gasteiger partial charge in [0.2, 0.25) is 0 Å². The van der Waals surface area contributed by atoms with Crippen LogP contribution in [-0.2, 0) is 13.3 Å². The van der Waals surface area contributed by atoms with Gasteiger partial charge < -0.3 is 13.3 Å². The molecule has 0 aromatic heterocycles. The van der Waals surface area contributed by atoms with Gasteiger partial charge in [0, 0.05) is 6.42 Å². The molecular formula is C5H18O3Si3. The third-order valence-electron chi connectivity index (χ3n) is 1.77. The molecule has 0 rings (SSSR count). The minimum atomic E-state index is -0.638. The maximum Gasteiger partial charge on any atom is 0.251 e. The van der Waals surface area contributed by atoms with Crippen LogP contribution >= 0.6 is 0 Å². The average Bonchev–Trinajstić information content (AvgIpc) is 2.08. The molecule has 0 atom stereocenters. The average molecular weight is 210 g/mol. The highest BCUT2D eigenvalue weighted by atomic mass is 28.2. The number of hydrogen-bond donors (Lipinski definition) is 0. The highest BCUT2D eigenvalue weighted by Gasteiger charge is 2.25. The molecule has 0 spiro atoms. The summed E-state index contributed by atoms with van der Waals surface area (Å²) in [5, 5.41) is 0. The van der Waals surface area contributed by atoms with E-state index < -0.39 is 5.97 Å². The van der Waals surface area contributed by atoms with E-state index in [0.29, 0.717) is 31.5 Å². The molecule has 0 aliphatic carbocycles. The lowest BCUT2D eigenvalue weighted by molar-refractivity contribution is -0.253. The Morgan fingerprint density at radius 1 is 1.09 bits per heavy atom. The fourth-order valence-corrected chi connectivity index (χ4v) is 3.56. The van der Waals surface area contributed by atoms with Gasteiger partial charge in [-0.1, -0.05) is 13.3 Å². The molecule has 0 aliphatic rings. The van der Waals surface area contributed by atoms with Crippen LogP contribution < -0.4 is 0 Å². The molecule has 0 saturated carbocycles. The Hall–Kier alpha value is 0.531. The number of rotatable bonds is 6. The largest absolute Gasteiger partial charge is 0.382 e. The van der Waals surface area contributed by atoms with Gasteiger partial charge in [0.15, 0.2) is 31.5 Å². The zero-order valence-corrected chi connectivity index (χ0v) is 13.8. The quantitative estimate of drug-likeness (QED) is 0.365. The van der Waals surface area contributed by atoms with Crippen molar-refractivity contribution in [2.75, 3.05) is 0 Å². The van der Waals surface area contributed by atoms with Crippen molar-refractivity contribution in [2.24, 2.45) is 0 Å². The molecule has 0 radical (unpaired) electrons. The van der Waals surface area contributed by atoms with Gasteiger partial charge in [0.1, 0.15) is 0 Å². The van der Waals surface area contributed by atoms with Crippen molar-refractivity contribution in [3.05, 3.63) is 0 Å². The first kappa shape index (κ1) is 11.5. The van der Waals surface area contributed by atoms with Crippen molar-refractivity contribution in [1.29, 1.82) is 0 Å². The second-order valence-electron chi connectivity index (χ2n) is 2.40. The Labute approximate surface area is 77.4 Å². The first-order valence-corrected chi connectivity index (χ1v) is 6.35. The normalized spacial score (nSPS) is 17.2. The van der Waals surface area contributed by atoms with E-state index in [0.717, 1.165) is 19.3 Å². The Morgan fingerprint density at radius 2 is 1.55 bits per heavy atom. The summed E-state index contributed by atoms with van der Waals surface area (Å²) in [5.41, 5.74) is 0. The second kappa shape index (κ2) is 6.09. The molecule has 0 amide bonds. The summed E-state index contributed by atoms with van der Waals surface area (Å²) in [5.74, 6) is -0.638. The van der Waals surface area contributed by atoms with Crippen LogP contribution in [0.4, 0.5) is 0 Å².